The zero-order chi connectivity index (χ0) is 13.6. The molecule has 0 aromatic heterocycles. The van der Waals surface area contributed by atoms with E-state index in [2.05, 4.69) is 11.8 Å². The summed E-state index contributed by atoms with van der Waals surface area (Å²) in [7, 11) is 0. The van der Waals surface area contributed by atoms with Crippen molar-refractivity contribution in [3.8, 4) is 0 Å². The van der Waals surface area contributed by atoms with Crippen LogP contribution in [0, 0.1) is 11.3 Å². The van der Waals surface area contributed by atoms with E-state index in [1.54, 1.807) is 0 Å². The maximum atomic E-state index is 5.68. The van der Waals surface area contributed by atoms with Crippen molar-refractivity contribution in [2.24, 2.45) is 17.1 Å². The molecule has 0 aromatic rings. The summed E-state index contributed by atoms with van der Waals surface area (Å²) in [5.74, 6) is 0.871. The number of nitrogens with two attached hydrogens (primary N) is 1. The fraction of sp³-hybridized carbons (Fsp3) is 1.00. The molecule has 2 fully saturated rings. The number of piperidine rings is 1. The minimum Gasteiger partial charge on any atom is -0.330 e. The molecule has 0 aromatic carbocycles. The molecule has 1 heterocycles. The van der Waals surface area contributed by atoms with Gasteiger partial charge in [-0.05, 0) is 82.5 Å². The van der Waals surface area contributed by atoms with Gasteiger partial charge in [-0.25, -0.2) is 0 Å². The van der Waals surface area contributed by atoms with Crippen LogP contribution in [0.25, 0.3) is 0 Å². The number of hydrogen-bond donors (Lipinski definition) is 1. The zero-order valence-corrected chi connectivity index (χ0v) is 13.0. The van der Waals surface area contributed by atoms with Crippen molar-refractivity contribution in [2.45, 2.75) is 71.1 Å². The van der Waals surface area contributed by atoms with Gasteiger partial charge >= 0.3 is 0 Å². The van der Waals surface area contributed by atoms with Crippen LogP contribution in [0.15, 0.2) is 0 Å². The van der Waals surface area contributed by atoms with Crippen LogP contribution in [-0.4, -0.2) is 31.1 Å². The van der Waals surface area contributed by atoms with E-state index in [4.69, 9.17) is 5.73 Å². The summed E-state index contributed by atoms with van der Waals surface area (Å²) in [6, 6.07) is 0. The number of likely N-dealkylation sites (tertiary alicyclic amines) is 1. The third-order valence-corrected chi connectivity index (χ3v) is 5.82. The van der Waals surface area contributed by atoms with E-state index in [0.717, 1.165) is 17.9 Å². The second kappa shape index (κ2) is 7.64. The molecule has 0 bridgehead atoms. The van der Waals surface area contributed by atoms with Crippen LogP contribution >= 0.6 is 0 Å². The van der Waals surface area contributed by atoms with Crippen molar-refractivity contribution in [1.29, 1.82) is 0 Å². The minimum absolute atomic E-state index is 0.780. The molecule has 1 aliphatic carbocycles. The summed E-state index contributed by atoms with van der Waals surface area (Å²) in [5, 5.41) is 0. The van der Waals surface area contributed by atoms with Crippen molar-refractivity contribution in [1.82, 2.24) is 4.90 Å². The Morgan fingerprint density at radius 3 is 2.32 bits per heavy atom. The normalized spacial score (nSPS) is 24.9. The van der Waals surface area contributed by atoms with Crippen LogP contribution in [0.1, 0.15) is 71.1 Å². The zero-order valence-electron chi connectivity index (χ0n) is 13.0. The second-order valence-electron chi connectivity index (χ2n) is 7.04. The van der Waals surface area contributed by atoms with Crippen LogP contribution in [-0.2, 0) is 0 Å². The molecule has 2 nitrogen and oxygen atoms in total. The van der Waals surface area contributed by atoms with E-state index in [1.807, 2.05) is 0 Å². The van der Waals surface area contributed by atoms with Crippen LogP contribution in [0.5, 0.6) is 0 Å². The van der Waals surface area contributed by atoms with E-state index in [0.29, 0.717) is 0 Å². The molecule has 2 rings (SSSR count). The maximum absolute atomic E-state index is 5.68. The molecule has 0 radical (unpaired) electrons. The van der Waals surface area contributed by atoms with Gasteiger partial charge in [0.15, 0.2) is 0 Å². The Bertz CT molecular complexity index is 236. The first-order valence-electron chi connectivity index (χ1n) is 8.70. The predicted octanol–water partition coefficient (Wildman–Crippen LogP) is 3.80. The van der Waals surface area contributed by atoms with Gasteiger partial charge in [-0.1, -0.05) is 26.2 Å². The first-order valence-corrected chi connectivity index (χ1v) is 8.70. The lowest BCUT2D eigenvalue weighted by atomic mass is 9.77. The molecule has 112 valence electrons. The molecule has 19 heavy (non-hydrogen) atoms. The molecule has 1 aliphatic heterocycles. The number of nitrogens with zero attached hydrogens (tertiary/aromatic N) is 1. The van der Waals surface area contributed by atoms with Crippen LogP contribution < -0.4 is 5.73 Å². The summed E-state index contributed by atoms with van der Waals surface area (Å²) in [5.41, 5.74) is 6.46. The van der Waals surface area contributed by atoms with E-state index in [9.17, 15) is 0 Å². The van der Waals surface area contributed by atoms with Crippen molar-refractivity contribution in [2.75, 3.05) is 26.2 Å². The third-order valence-electron chi connectivity index (χ3n) is 5.82. The summed E-state index contributed by atoms with van der Waals surface area (Å²) < 4.78 is 0. The minimum atomic E-state index is 0.780. The highest BCUT2D eigenvalue weighted by molar-refractivity contribution is 4.89. The molecule has 1 spiro atoms. The van der Waals surface area contributed by atoms with Crippen molar-refractivity contribution < 1.29 is 0 Å². The molecular weight excluding hydrogens is 232 g/mol. The quantitative estimate of drug-likeness (QED) is 0.759. The molecule has 1 saturated heterocycles. The first kappa shape index (κ1) is 15.3. The van der Waals surface area contributed by atoms with E-state index >= 15 is 0 Å². The average Bonchev–Trinajstić information content (AvgIpc) is 2.89. The van der Waals surface area contributed by atoms with Crippen molar-refractivity contribution in [3.05, 3.63) is 0 Å². The Balaban J connectivity index is 1.60. The molecule has 2 heteroatoms. The largest absolute Gasteiger partial charge is 0.330 e. The summed E-state index contributed by atoms with van der Waals surface area (Å²) >= 11 is 0. The highest BCUT2D eigenvalue weighted by Gasteiger charge is 2.36. The lowest BCUT2D eigenvalue weighted by Gasteiger charge is -2.39. The van der Waals surface area contributed by atoms with Crippen molar-refractivity contribution in [3.63, 3.8) is 0 Å². The van der Waals surface area contributed by atoms with Gasteiger partial charge in [-0.15, -0.1) is 0 Å². The van der Waals surface area contributed by atoms with E-state index in [1.165, 1.54) is 83.8 Å². The van der Waals surface area contributed by atoms with E-state index < -0.39 is 0 Å². The molecule has 2 aliphatic rings. The average molecular weight is 266 g/mol. The topological polar surface area (TPSA) is 29.3 Å². The molecular formula is C17H34N2. The predicted molar refractivity (Wildman–Crippen MR) is 83.3 cm³/mol. The second-order valence-corrected chi connectivity index (χ2v) is 7.04. The SMILES string of the molecule is CCC(CCN)CCCN1CCC2(CCCC2)CC1. The molecule has 0 amide bonds. The van der Waals surface area contributed by atoms with Gasteiger partial charge < -0.3 is 10.6 Å². The monoisotopic (exact) mass is 266 g/mol. The number of hydrogen-bond acceptors (Lipinski definition) is 2. The van der Waals surface area contributed by atoms with Gasteiger partial charge in [0.1, 0.15) is 0 Å². The Labute approximate surface area is 120 Å². The van der Waals surface area contributed by atoms with E-state index in [-0.39, 0.29) is 0 Å². The van der Waals surface area contributed by atoms with Gasteiger partial charge in [0.05, 0.1) is 0 Å². The fourth-order valence-electron chi connectivity index (χ4n) is 4.27. The summed E-state index contributed by atoms with van der Waals surface area (Å²) in [6.07, 6.45) is 14.3. The van der Waals surface area contributed by atoms with Crippen LogP contribution in [0.4, 0.5) is 0 Å². The van der Waals surface area contributed by atoms with Crippen LogP contribution in [0.2, 0.25) is 0 Å². The van der Waals surface area contributed by atoms with Gasteiger partial charge in [-0.2, -0.15) is 0 Å². The lowest BCUT2D eigenvalue weighted by Crippen LogP contribution is -2.39. The van der Waals surface area contributed by atoms with Gasteiger partial charge in [0, 0.05) is 0 Å². The fourth-order valence-corrected chi connectivity index (χ4v) is 4.27. The number of rotatable bonds is 7. The smallest absolute Gasteiger partial charge is 0.00134 e. The van der Waals surface area contributed by atoms with Gasteiger partial charge in [0.25, 0.3) is 0 Å². The standard InChI is InChI=1S/C17H34N2/c1-2-16(7-12-18)6-5-13-19-14-10-17(11-15-19)8-3-4-9-17/h16H,2-15,18H2,1H3. The first-order chi connectivity index (χ1) is 9.28. The summed E-state index contributed by atoms with van der Waals surface area (Å²) in [6.45, 7) is 7.24. The highest BCUT2D eigenvalue weighted by Crippen LogP contribution is 2.46. The summed E-state index contributed by atoms with van der Waals surface area (Å²) in [4.78, 5) is 2.72. The molecule has 1 atom stereocenters. The third kappa shape index (κ3) is 4.46. The van der Waals surface area contributed by atoms with Gasteiger partial charge in [0.2, 0.25) is 0 Å². The highest BCUT2D eigenvalue weighted by atomic mass is 15.1. The Hall–Kier alpha value is -0.0800. The Morgan fingerprint density at radius 1 is 1.05 bits per heavy atom. The molecule has 1 unspecified atom stereocenters. The lowest BCUT2D eigenvalue weighted by molar-refractivity contribution is 0.106. The van der Waals surface area contributed by atoms with Crippen LogP contribution in [0.3, 0.4) is 0 Å². The molecule has 1 saturated carbocycles. The maximum Gasteiger partial charge on any atom is -0.00134 e. The Morgan fingerprint density at radius 2 is 1.74 bits per heavy atom. The molecule has 2 N–H and O–H groups in total. The Kier molecular flexibility index (Phi) is 6.15. The van der Waals surface area contributed by atoms with Gasteiger partial charge in [-0.3, -0.25) is 0 Å². The van der Waals surface area contributed by atoms with Crippen molar-refractivity contribution >= 4 is 0 Å².